The summed E-state index contributed by atoms with van der Waals surface area (Å²) in [6.07, 6.45) is 4.92. The molecular weight excluding hydrogens is 322 g/mol. The maximum Gasteiger partial charge on any atom is 0.137 e. The van der Waals surface area contributed by atoms with Crippen molar-refractivity contribution in [2.24, 2.45) is 0 Å². The quantitative estimate of drug-likeness (QED) is 0.795. The third-order valence-electron chi connectivity index (χ3n) is 4.39. The number of aromatic nitrogens is 3. The summed E-state index contributed by atoms with van der Waals surface area (Å²) in [5, 5.41) is 4.17. The van der Waals surface area contributed by atoms with Crippen molar-refractivity contribution in [1.82, 2.24) is 24.6 Å². The van der Waals surface area contributed by atoms with Crippen molar-refractivity contribution in [2.45, 2.75) is 13.0 Å². The van der Waals surface area contributed by atoms with Crippen LogP contribution in [0.1, 0.15) is 12.1 Å². The molecule has 0 amide bonds. The fourth-order valence-corrected chi connectivity index (χ4v) is 3.36. The van der Waals surface area contributed by atoms with Gasteiger partial charge in [-0.1, -0.05) is 17.7 Å². The van der Waals surface area contributed by atoms with Crippen LogP contribution in [0.25, 0.3) is 17.0 Å². The van der Waals surface area contributed by atoms with E-state index in [0.29, 0.717) is 5.02 Å². The first-order valence-corrected chi connectivity index (χ1v) is 8.70. The van der Waals surface area contributed by atoms with Gasteiger partial charge in [0.05, 0.1) is 16.4 Å². The first-order valence-electron chi connectivity index (χ1n) is 8.32. The molecule has 0 saturated carbocycles. The second kappa shape index (κ2) is 6.89. The van der Waals surface area contributed by atoms with Gasteiger partial charge in [-0.15, -0.1) is 0 Å². The summed E-state index contributed by atoms with van der Waals surface area (Å²) in [6, 6.07) is 9.78. The average molecular weight is 342 g/mol. The van der Waals surface area contributed by atoms with Gasteiger partial charge in [-0.25, -0.2) is 4.98 Å². The lowest BCUT2D eigenvalue weighted by molar-refractivity contribution is 0.280. The standard InChI is InChI=1S/C18H20ClN5/c19-14-5-6-17-22-18(15-4-1-2-8-21-15)16(24(17)12-14)13-23-10-3-7-20-9-11-23/h1-2,4-6,8,12,20H,3,7,9-11,13H2. The van der Waals surface area contributed by atoms with Gasteiger partial charge in [0.2, 0.25) is 0 Å². The Balaban J connectivity index is 1.79. The number of hydrogen-bond acceptors (Lipinski definition) is 4. The summed E-state index contributed by atoms with van der Waals surface area (Å²) >= 11 is 6.23. The molecule has 4 rings (SSSR count). The Morgan fingerprint density at radius 2 is 2.08 bits per heavy atom. The largest absolute Gasteiger partial charge is 0.315 e. The molecular formula is C18H20ClN5. The molecule has 1 saturated heterocycles. The van der Waals surface area contributed by atoms with Crippen LogP contribution in [-0.4, -0.2) is 45.4 Å². The summed E-state index contributed by atoms with van der Waals surface area (Å²) in [7, 11) is 0. The van der Waals surface area contributed by atoms with E-state index < -0.39 is 0 Å². The Hall–Kier alpha value is -1.95. The minimum absolute atomic E-state index is 0.714. The summed E-state index contributed by atoms with van der Waals surface area (Å²) in [6.45, 7) is 5.08. The van der Waals surface area contributed by atoms with Crippen LogP contribution in [0.5, 0.6) is 0 Å². The molecule has 6 heteroatoms. The first-order chi connectivity index (χ1) is 11.8. The van der Waals surface area contributed by atoms with Gasteiger partial charge in [0.25, 0.3) is 0 Å². The summed E-state index contributed by atoms with van der Waals surface area (Å²) in [5.41, 5.74) is 3.89. The number of fused-ring (bicyclic) bond motifs is 1. The highest BCUT2D eigenvalue weighted by molar-refractivity contribution is 6.30. The zero-order valence-electron chi connectivity index (χ0n) is 13.5. The van der Waals surface area contributed by atoms with E-state index in [2.05, 4.69) is 19.6 Å². The van der Waals surface area contributed by atoms with Gasteiger partial charge in [0, 0.05) is 32.0 Å². The lowest BCUT2D eigenvalue weighted by Crippen LogP contribution is -2.28. The van der Waals surface area contributed by atoms with Crippen molar-refractivity contribution >= 4 is 17.2 Å². The monoisotopic (exact) mass is 341 g/mol. The lowest BCUT2D eigenvalue weighted by atomic mass is 10.2. The van der Waals surface area contributed by atoms with Crippen molar-refractivity contribution in [3.8, 4) is 11.4 Å². The van der Waals surface area contributed by atoms with E-state index in [4.69, 9.17) is 16.6 Å². The zero-order valence-corrected chi connectivity index (χ0v) is 14.2. The van der Waals surface area contributed by atoms with Crippen LogP contribution in [0.15, 0.2) is 42.7 Å². The molecule has 1 aliphatic rings. The van der Waals surface area contributed by atoms with Crippen molar-refractivity contribution in [3.63, 3.8) is 0 Å². The van der Waals surface area contributed by atoms with E-state index >= 15 is 0 Å². The van der Waals surface area contributed by atoms with Crippen molar-refractivity contribution in [1.29, 1.82) is 0 Å². The molecule has 0 radical (unpaired) electrons. The number of hydrogen-bond donors (Lipinski definition) is 1. The molecule has 1 aliphatic heterocycles. The van der Waals surface area contributed by atoms with Crippen molar-refractivity contribution in [2.75, 3.05) is 26.2 Å². The molecule has 0 bridgehead atoms. The summed E-state index contributed by atoms with van der Waals surface area (Å²) in [5.74, 6) is 0. The molecule has 24 heavy (non-hydrogen) atoms. The van der Waals surface area contributed by atoms with Gasteiger partial charge in [0.15, 0.2) is 0 Å². The molecule has 1 N–H and O–H groups in total. The molecule has 5 nitrogen and oxygen atoms in total. The van der Waals surface area contributed by atoms with E-state index in [1.54, 1.807) is 0 Å². The molecule has 0 atom stereocenters. The Kier molecular flexibility index (Phi) is 4.47. The Morgan fingerprint density at radius 1 is 1.12 bits per heavy atom. The van der Waals surface area contributed by atoms with Crippen LogP contribution in [0.2, 0.25) is 5.02 Å². The fraction of sp³-hybridized carbons (Fsp3) is 0.333. The smallest absolute Gasteiger partial charge is 0.137 e. The van der Waals surface area contributed by atoms with Gasteiger partial charge < -0.3 is 9.72 Å². The molecule has 0 spiro atoms. The second-order valence-corrected chi connectivity index (χ2v) is 6.51. The SMILES string of the molecule is Clc1ccc2nc(-c3ccccn3)c(CN3CCCNCC3)n2c1. The van der Waals surface area contributed by atoms with E-state index in [1.807, 2.05) is 42.7 Å². The number of pyridine rings is 2. The predicted molar refractivity (Wildman–Crippen MR) is 96.2 cm³/mol. The third-order valence-corrected chi connectivity index (χ3v) is 4.62. The maximum absolute atomic E-state index is 6.23. The molecule has 1 fully saturated rings. The average Bonchev–Trinajstić information content (AvgIpc) is 2.78. The van der Waals surface area contributed by atoms with Crippen molar-refractivity contribution < 1.29 is 0 Å². The molecule has 3 aromatic rings. The van der Waals surface area contributed by atoms with Crippen LogP contribution in [0, 0.1) is 0 Å². The van der Waals surface area contributed by atoms with E-state index in [1.165, 1.54) is 0 Å². The first kappa shape index (κ1) is 15.6. The topological polar surface area (TPSA) is 45.5 Å². The summed E-state index contributed by atoms with van der Waals surface area (Å²) < 4.78 is 2.10. The molecule has 4 heterocycles. The van der Waals surface area contributed by atoms with E-state index in [9.17, 15) is 0 Å². The van der Waals surface area contributed by atoms with Gasteiger partial charge in [-0.05, 0) is 43.8 Å². The molecule has 124 valence electrons. The highest BCUT2D eigenvalue weighted by atomic mass is 35.5. The van der Waals surface area contributed by atoms with Gasteiger partial charge in [-0.3, -0.25) is 9.88 Å². The van der Waals surface area contributed by atoms with E-state index in [-0.39, 0.29) is 0 Å². The highest BCUT2D eigenvalue weighted by Gasteiger charge is 2.18. The number of halogens is 1. The molecule has 0 aliphatic carbocycles. The Labute approximate surface area is 146 Å². The number of nitrogens with one attached hydrogen (secondary N) is 1. The number of nitrogens with zero attached hydrogens (tertiary/aromatic N) is 4. The van der Waals surface area contributed by atoms with Crippen LogP contribution in [0.3, 0.4) is 0 Å². The molecule has 3 aromatic heterocycles. The van der Waals surface area contributed by atoms with Gasteiger partial charge in [-0.2, -0.15) is 0 Å². The zero-order chi connectivity index (χ0) is 16.4. The maximum atomic E-state index is 6.23. The summed E-state index contributed by atoms with van der Waals surface area (Å²) in [4.78, 5) is 11.8. The Morgan fingerprint density at radius 3 is 2.96 bits per heavy atom. The number of rotatable bonds is 3. The van der Waals surface area contributed by atoms with Crippen molar-refractivity contribution in [3.05, 3.63) is 53.4 Å². The Bertz CT molecular complexity index is 822. The minimum Gasteiger partial charge on any atom is -0.315 e. The number of imidazole rings is 1. The van der Waals surface area contributed by atoms with Crippen LogP contribution >= 0.6 is 11.6 Å². The third kappa shape index (κ3) is 3.15. The van der Waals surface area contributed by atoms with Gasteiger partial charge in [0.1, 0.15) is 11.3 Å². The van der Waals surface area contributed by atoms with Gasteiger partial charge >= 0.3 is 0 Å². The molecule has 0 unspecified atom stereocenters. The highest BCUT2D eigenvalue weighted by Crippen LogP contribution is 2.25. The lowest BCUT2D eigenvalue weighted by Gasteiger charge is -2.19. The normalized spacial score (nSPS) is 16.4. The fourth-order valence-electron chi connectivity index (χ4n) is 3.20. The van der Waals surface area contributed by atoms with E-state index in [0.717, 1.165) is 61.9 Å². The minimum atomic E-state index is 0.714. The van der Waals surface area contributed by atoms with Crippen LogP contribution in [0.4, 0.5) is 0 Å². The van der Waals surface area contributed by atoms with Crippen LogP contribution < -0.4 is 5.32 Å². The second-order valence-electron chi connectivity index (χ2n) is 6.08. The predicted octanol–water partition coefficient (Wildman–Crippen LogP) is 2.85. The molecule has 0 aromatic carbocycles. The van der Waals surface area contributed by atoms with Crippen LogP contribution in [-0.2, 0) is 6.54 Å².